The number of amides is 1. The SMILES string of the molecule is C[C@@H](C(=O)N1CCc2c(ncn(C)c2=O)C1)N1CCCCCC1. The minimum atomic E-state index is -0.0822. The van der Waals surface area contributed by atoms with Crippen molar-refractivity contribution in [3.05, 3.63) is 27.9 Å². The summed E-state index contributed by atoms with van der Waals surface area (Å²) in [5.41, 5.74) is 1.54. The van der Waals surface area contributed by atoms with E-state index in [1.165, 1.54) is 30.3 Å². The Kier molecular flexibility index (Phi) is 4.80. The zero-order valence-electron chi connectivity index (χ0n) is 14.1. The Morgan fingerprint density at radius 2 is 1.87 bits per heavy atom. The number of fused-ring (bicyclic) bond motifs is 1. The van der Waals surface area contributed by atoms with Gasteiger partial charge in [-0.05, 0) is 39.3 Å². The molecule has 2 aliphatic rings. The smallest absolute Gasteiger partial charge is 0.256 e. The van der Waals surface area contributed by atoms with Gasteiger partial charge >= 0.3 is 0 Å². The molecule has 1 fully saturated rings. The van der Waals surface area contributed by atoms with Crippen LogP contribution in [-0.2, 0) is 24.8 Å². The number of hydrogen-bond acceptors (Lipinski definition) is 4. The van der Waals surface area contributed by atoms with Crippen molar-refractivity contribution in [3.63, 3.8) is 0 Å². The van der Waals surface area contributed by atoms with Crippen molar-refractivity contribution in [3.8, 4) is 0 Å². The minimum Gasteiger partial charge on any atom is -0.335 e. The number of carbonyl (C=O) groups excluding carboxylic acids is 1. The quantitative estimate of drug-likeness (QED) is 0.814. The maximum absolute atomic E-state index is 12.8. The first-order valence-corrected chi connectivity index (χ1v) is 8.64. The summed E-state index contributed by atoms with van der Waals surface area (Å²) in [6.45, 7) is 5.11. The van der Waals surface area contributed by atoms with Crippen LogP contribution in [0.15, 0.2) is 11.1 Å². The fraction of sp³-hybridized carbons (Fsp3) is 0.706. The Labute approximate surface area is 137 Å². The molecule has 0 saturated carbocycles. The van der Waals surface area contributed by atoms with Gasteiger partial charge in [0.25, 0.3) is 5.56 Å². The third kappa shape index (κ3) is 3.32. The van der Waals surface area contributed by atoms with Gasteiger partial charge in [0.15, 0.2) is 0 Å². The predicted molar refractivity (Wildman–Crippen MR) is 88.1 cm³/mol. The van der Waals surface area contributed by atoms with Gasteiger partial charge in [0.2, 0.25) is 5.91 Å². The molecule has 0 spiro atoms. The monoisotopic (exact) mass is 318 g/mol. The van der Waals surface area contributed by atoms with Gasteiger partial charge in [-0.15, -0.1) is 0 Å². The zero-order valence-corrected chi connectivity index (χ0v) is 14.1. The molecule has 0 radical (unpaired) electrons. The Morgan fingerprint density at radius 1 is 1.17 bits per heavy atom. The van der Waals surface area contributed by atoms with Crippen LogP contribution in [0.25, 0.3) is 0 Å². The van der Waals surface area contributed by atoms with Crippen LogP contribution in [0.4, 0.5) is 0 Å². The van der Waals surface area contributed by atoms with Gasteiger partial charge in [-0.25, -0.2) is 4.98 Å². The number of aromatic nitrogens is 2. The van der Waals surface area contributed by atoms with Crippen LogP contribution in [0.2, 0.25) is 0 Å². The van der Waals surface area contributed by atoms with Crippen molar-refractivity contribution in [1.82, 2.24) is 19.4 Å². The van der Waals surface area contributed by atoms with Gasteiger partial charge in [-0.2, -0.15) is 0 Å². The van der Waals surface area contributed by atoms with Crippen molar-refractivity contribution < 1.29 is 4.79 Å². The van der Waals surface area contributed by atoms with Gasteiger partial charge in [-0.1, -0.05) is 12.8 Å². The summed E-state index contributed by atoms with van der Waals surface area (Å²) < 4.78 is 1.51. The molecule has 0 aliphatic carbocycles. The summed E-state index contributed by atoms with van der Waals surface area (Å²) in [6, 6.07) is -0.0822. The first kappa shape index (κ1) is 16.2. The van der Waals surface area contributed by atoms with Crippen molar-refractivity contribution in [2.75, 3.05) is 19.6 Å². The number of carbonyl (C=O) groups is 1. The molecule has 1 amide bonds. The molecule has 2 aliphatic heterocycles. The molecule has 3 heterocycles. The van der Waals surface area contributed by atoms with Crippen molar-refractivity contribution in [1.29, 1.82) is 0 Å². The molecule has 1 saturated heterocycles. The van der Waals surface area contributed by atoms with Crippen LogP contribution < -0.4 is 5.56 Å². The maximum Gasteiger partial charge on any atom is 0.256 e. The van der Waals surface area contributed by atoms with E-state index in [2.05, 4.69) is 9.88 Å². The molecule has 1 atom stereocenters. The molecule has 126 valence electrons. The van der Waals surface area contributed by atoms with Crippen LogP contribution in [0, 0.1) is 0 Å². The van der Waals surface area contributed by atoms with Crippen molar-refractivity contribution >= 4 is 5.91 Å². The average molecular weight is 318 g/mol. The average Bonchev–Trinajstić information content (AvgIpc) is 2.86. The molecule has 6 heteroatoms. The lowest BCUT2D eigenvalue weighted by Gasteiger charge is -2.34. The van der Waals surface area contributed by atoms with E-state index in [9.17, 15) is 9.59 Å². The summed E-state index contributed by atoms with van der Waals surface area (Å²) in [4.78, 5) is 33.5. The summed E-state index contributed by atoms with van der Waals surface area (Å²) in [5.74, 6) is 0.167. The first-order chi connectivity index (χ1) is 11.1. The van der Waals surface area contributed by atoms with E-state index in [4.69, 9.17) is 0 Å². The van der Waals surface area contributed by atoms with Crippen LogP contribution in [0.1, 0.15) is 43.9 Å². The van der Waals surface area contributed by atoms with E-state index < -0.39 is 0 Å². The third-order valence-corrected chi connectivity index (χ3v) is 5.14. The second kappa shape index (κ2) is 6.83. The molecule has 3 rings (SSSR count). The highest BCUT2D eigenvalue weighted by molar-refractivity contribution is 5.81. The standard InChI is InChI=1S/C17H26N4O2/c1-13(20-8-5-3-4-6-9-20)16(22)21-10-7-14-15(11-21)18-12-19(2)17(14)23/h12-13H,3-11H2,1-2H3/t13-/m0/s1. The normalized spacial score (nSPS) is 20.7. The number of nitrogens with zero attached hydrogens (tertiary/aromatic N) is 4. The largest absolute Gasteiger partial charge is 0.335 e. The first-order valence-electron chi connectivity index (χ1n) is 8.64. The summed E-state index contributed by atoms with van der Waals surface area (Å²) in [7, 11) is 1.72. The second-order valence-electron chi connectivity index (χ2n) is 6.72. The fourth-order valence-electron chi connectivity index (χ4n) is 3.61. The summed E-state index contributed by atoms with van der Waals surface area (Å²) in [6.07, 6.45) is 7.04. The van der Waals surface area contributed by atoms with E-state index in [0.29, 0.717) is 19.5 Å². The molecular weight excluding hydrogens is 292 g/mol. The Morgan fingerprint density at radius 3 is 2.57 bits per heavy atom. The number of hydrogen-bond donors (Lipinski definition) is 0. The minimum absolute atomic E-state index is 0.0164. The molecule has 0 aromatic carbocycles. The number of likely N-dealkylation sites (tertiary alicyclic amines) is 1. The second-order valence-corrected chi connectivity index (χ2v) is 6.72. The van der Waals surface area contributed by atoms with Crippen molar-refractivity contribution in [2.24, 2.45) is 7.05 Å². The Bertz CT molecular complexity index is 632. The van der Waals surface area contributed by atoms with Crippen molar-refractivity contribution in [2.45, 2.75) is 51.6 Å². The summed E-state index contributed by atoms with van der Waals surface area (Å²) in [5, 5.41) is 0. The van der Waals surface area contributed by atoms with Crippen LogP contribution in [0.3, 0.4) is 0 Å². The Balaban J connectivity index is 1.71. The van der Waals surface area contributed by atoms with Crippen LogP contribution in [-0.4, -0.2) is 50.9 Å². The van der Waals surface area contributed by atoms with E-state index >= 15 is 0 Å². The van der Waals surface area contributed by atoms with Gasteiger partial charge in [0.05, 0.1) is 24.6 Å². The highest BCUT2D eigenvalue weighted by atomic mass is 16.2. The molecule has 23 heavy (non-hydrogen) atoms. The van der Waals surface area contributed by atoms with E-state index in [-0.39, 0.29) is 17.5 Å². The summed E-state index contributed by atoms with van der Waals surface area (Å²) >= 11 is 0. The van der Waals surface area contributed by atoms with Gasteiger partial charge < -0.3 is 9.47 Å². The number of aryl methyl sites for hydroxylation is 1. The third-order valence-electron chi connectivity index (χ3n) is 5.14. The highest BCUT2D eigenvalue weighted by Crippen LogP contribution is 2.18. The zero-order chi connectivity index (χ0) is 16.4. The fourth-order valence-corrected chi connectivity index (χ4v) is 3.61. The molecule has 1 aromatic heterocycles. The number of rotatable bonds is 2. The van der Waals surface area contributed by atoms with E-state index in [0.717, 1.165) is 24.3 Å². The highest BCUT2D eigenvalue weighted by Gasteiger charge is 2.30. The Hall–Kier alpha value is -1.69. The molecule has 0 unspecified atom stereocenters. The predicted octanol–water partition coefficient (Wildman–Crippen LogP) is 0.929. The lowest BCUT2D eigenvalue weighted by Crippen LogP contribution is -2.49. The van der Waals surface area contributed by atoms with Crippen LogP contribution >= 0.6 is 0 Å². The molecule has 0 bridgehead atoms. The topological polar surface area (TPSA) is 58.4 Å². The van der Waals surface area contributed by atoms with E-state index in [1.54, 1.807) is 13.4 Å². The lowest BCUT2D eigenvalue weighted by atomic mass is 10.1. The van der Waals surface area contributed by atoms with E-state index in [1.807, 2.05) is 11.8 Å². The van der Waals surface area contributed by atoms with Gasteiger partial charge in [0, 0.05) is 19.2 Å². The molecular formula is C17H26N4O2. The van der Waals surface area contributed by atoms with Gasteiger partial charge in [-0.3, -0.25) is 14.5 Å². The molecule has 0 N–H and O–H groups in total. The lowest BCUT2D eigenvalue weighted by molar-refractivity contribution is -0.137. The van der Waals surface area contributed by atoms with Crippen LogP contribution in [0.5, 0.6) is 0 Å². The van der Waals surface area contributed by atoms with Gasteiger partial charge in [0.1, 0.15) is 0 Å². The molecule has 6 nitrogen and oxygen atoms in total. The molecule has 1 aromatic rings. The maximum atomic E-state index is 12.8.